The molecule has 1 aromatic carbocycles. The molecule has 0 saturated carbocycles. The lowest BCUT2D eigenvalue weighted by atomic mass is 10.3. The average molecular weight is 295 g/mol. The highest BCUT2D eigenvalue weighted by Gasteiger charge is 2.02. The Kier molecular flexibility index (Phi) is 3.74. The maximum atomic E-state index is 5.19. The van der Waals surface area contributed by atoms with Crippen molar-refractivity contribution in [1.29, 1.82) is 0 Å². The van der Waals surface area contributed by atoms with Gasteiger partial charge in [0.05, 0.1) is 18.1 Å². The Morgan fingerprint density at radius 2 is 2.18 bits per heavy atom. The first-order chi connectivity index (χ1) is 8.20. The number of rotatable bonds is 4. The second-order valence-corrected chi connectivity index (χ2v) is 4.67. The summed E-state index contributed by atoms with van der Waals surface area (Å²) in [6.07, 6.45) is 2.04. The third-order valence-corrected chi connectivity index (χ3v) is 3.30. The molecule has 0 spiro atoms. The number of nitrogens with zero attached hydrogens (tertiary/aromatic N) is 1. The number of halogens is 1. The van der Waals surface area contributed by atoms with E-state index in [1.165, 1.54) is 5.69 Å². The van der Waals surface area contributed by atoms with Gasteiger partial charge in [0.25, 0.3) is 0 Å². The van der Waals surface area contributed by atoms with Gasteiger partial charge in [-0.25, -0.2) is 0 Å². The van der Waals surface area contributed by atoms with Crippen molar-refractivity contribution in [3.63, 3.8) is 0 Å². The van der Waals surface area contributed by atoms with Crippen LogP contribution in [0.2, 0.25) is 0 Å². The Bertz CT molecular complexity index is 508. The molecule has 0 unspecified atom stereocenters. The number of methoxy groups -OCH3 is 1. The topological polar surface area (TPSA) is 26.2 Å². The maximum absolute atomic E-state index is 5.19. The molecular weight excluding hydrogens is 280 g/mol. The predicted octanol–water partition coefficient (Wildman–Crippen LogP) is 3.41. The molecule has 0 aliphatic carbocycles. The number of hydrogen-bond donors (Lipinski definition) is 1. The van der Waals surface area contributed by atoms with Crippen LogP contribution < -0.4 is 10.1 Å². The Morgan fingerprint density at radius 1 is 1.35 bits per heavy atom. The minimum atomic E-state index is 0.808. The summed E-state index contributed by atoms with van der Waals surface area (Å²) in [6.45, 7) is 0.808. The Morgan fingerprint density at radius 3 is 2.76 bits per heavy atom. The molecule has 0 aliphatic heterocycles. The summed E-state index contributed by atoms with van der Waals surface area (Å²) in [5, 5.41) is 3.37. The van der Waals surface area contributed by atoms with Crippen LogP contribution in [0.15, 0.2) is 41.0 Å². The van der Waals surface area contributed by atoms with E-state index in [0.717, 1.165) is 22.5 Å². The lowest BCUT2D eigenvalue weighted by Gasteiger charge is -2.09. The fourth-order valence-electron chi connectivity index (χ4n) is 1.65. The van der Waals surface area contributed by atoms with Crippen LogP contribution >= 0.6 is 15.9 Å². The molecule has 1 N–H and O–H groups in total. The Balaban J connectivity index is 2.05. The monoisotopic (exact) mass is 294 g/mol. The predicted molar refractivity (Wildman–Crippen MR) is 73.4 cm³/mol. The number of benzene rings is 1. The molecule has 90 valence electrons. The van der Waals surface area contributed by atoms with Crippen LogP contribution in [0, 0.1) is 0 Å². The zero-order valence-electron chi connectivity index (χ0n) is 9.90. The summed E-state index contributed by atoms with van der Waals surface area (Å²) < 4.78 is 8.25. The lowest BCUT2D eigenvalue weighted by Crippen LogP contribution is -2.03. The molecule has 0 saturated heterocycles. The van der Waals surface area contributed by atoms with Crippen molar-refractivity contribution in [2.24, 2.45) is 7.05 Å². The van der Waals surface area contributed by atoms with Crippen molar-refractivity contribution in [1.82, 2.24) is 4.57 Å². The number of aryl methyl sites for hydroxylation is 1. The van der Waals surface area contributed by atoms with Crippen molar-refractivity contribution in [2.45, 2.75) is 6.54 Å². The highest BCUT2D eigenvalue weighted by molar-refractivity contribution is 9.10. The zero-order valence-corrected chi connectivity index (χ0v) is 11.5. The summed E-state index contributed by atoms with van der Waals surface area (Å²) in [6, 6.07) is 10.1. The summed E-state index contributed by atoms with van der Waals surface area (Å²) in [5.41, 5.74) is 2.32. The Labute approximate surface area is 110 Å². The standard InChI is InChI=1S/C13H15BrN2O/c1-16-7-3-4-11(16)9-15-10-5-6-13(17-2)12(14)8-10/h3-8,15H,9H2,1-2H3. The SMILES string of the molecule is COc1ccc(NCc2cccn2C)cc1Br. The fraction of sp³-hybridized carbons (Fsp3) is 0.231. The van der Waals surface area contributed by atoms with Gasteiger partial charge in [-0.15, -0.1) is 0 Å². The van der Waals surface area contributed by atoms with Crippen LogP contribution in [0.5, 0.6) is 5.75 Å². The maximum Gasteiger partial charge on any atom is 0.133 e. The van der Waals surface area contributed by atoms with Gasteiger partial charge in [0, 0.05) is 24.6 Å². The van der Waals surface area contributed by atoms with Crippen molar-refractivity contribution in [3.05, 3.63) is 46.7 Å². The van der Waals surface area contributed by atoms with Crippen molar-refractivity contribution < 1.29 is 4.74 Å². The van der Waals surface area contributed by atoms with Crippen molar-refractivity contribution in [3.8, 4) is 5.75 Å². The number of ether oxygens (including phenoxy) is 1. The summed E-state index contributed by atoms with van der Waals surface area (Å²) in [5.74, 6) is 0.842. The summed E-state index contributed by atoms with van der Waals surface area (Å²) in [4.78, 5) is 0. The van der Waals surface area contributed by atoms with Crippen molar-refractivity contribution >= 4 is 21.6 Å². The first-order valence-electron chi connectivity index (χ1n) is 5.38. The van der Waals surface area contributed by atoms with Crippen LogP contribution in [0.1, 0.15) is 5.69 Å². The first-order valence-corrected chi connectivity index (χ1v) is 6.17. The quantitative estimate of drug-likeness (QED) is 0.935. The number of anilines is 1. The third kappa shape index (κ3) is 2.82. The zero-order chi connectivity index (χ0) is 12.3. The van der Waals surface area contributed by atoms with Crippen LogP contribution in [-0.4, -0.2) is 11.7 Å². The number of hydrogen-bond acceptors (Lipinski definition) is 2. The normalized spacial score (nSPS) is 10.3. The molecule has 2 rings (SSSR count). The van der Waals surface area contributed by atoms with Gasteiger partial charge in [0.2, 0.25) is 0 Å². The van der Waals surface area contributed by atoms with Gasteiger partial charge in [-0.3, -0.25) is 0 Å². The van der Waals surface area contributed by atoms with E-state index in [1.54, 1.807) is 7.11 Å². The fourth-order valence-corrected chi connectivity index (χ4v) is 2.19. The van der Waals surface area contributed by atoms with E-state index in [1.807, 2.05) is 37.5 Å². The minimum absolute atomic E-state index is 0.808. The van der Waals surface area contributed by atoms with E-state index in [-0.39, 0.29) is 0 Å². The van der Waals surface area contributed by atoms with Gasteiger partial charge in [-0.1, -0.05) is 0 Å². The highest BCUT2D eigenvalue weighted by atomic mass is 79.9. The second kappa shape index (κ2) is 5.27. The van der Waals surface area contributed by atoms with Crippen molar-refractivity contribution in [2.75, 3.05) is 12.4 Å². The minimum Gasteiger partial charge on any atom is -0.496 e. The van der Waals surface area contributed by atoms with Crippen LogP contribution in [0.3, 0.4) is 0 Å². The molecule has 0 fully saturated rings. The van der Waals surface area contributed by atoms with Gasteiger partial charge in [0.15, 0.2) is 0 Å². The molecule has 1 heterocycles. The smallest absolute Gasteiger partial charge is 0.133 e. The molecule has 1 aromatic heterocycles. The van der Waals surface area contributed by atoms with E-state index >= 15 is 0 Å². The highest BCUT2D eigenvalue weighted by Crippen LogP contribution is 2.27. The molecular formula is C13H15BrN2O. The molecule has 3 nitrogen and oxygen atoms in total. The average Bonchev–Trinajstić information content (AvgIpc) is 2.72. The lowest BCUT2D eigenvalue weighted by molar-refractivity contribution is 0.412. The van der Waals surface area contributed by atoms with Crippen LogP contribution in [0.4, 0.5) is 5.69 Å². The van der Waals surface area contributed by atoms with Gasteiger partial charge in [0.1, 0.15) is 5.75 Å². The van der Waals surface area contributed by atoms with E-state index in [2.05, 4.69) is 31.9 Å². The van der Waals surface area contributed by atoms with Gasteiger partial charge in [-0.05, 0) is 46.3 Å². The summed E-state index contributed by atoms with van der Waals surface area (Å²) in [7, 11) is 3.71. The largest absolute Gasteiger partial charge is 0.496 e. The van der Waals surface area contributed by atoms with Gasteiger partial charge >= 0.3 is 0 Å². The third-order valence-electron chi connectivity index (χ3n) is 2.68. The van der Waals surface area contributed by atoms with E-state index < -0.39 is 0 Å². The van der Waals surface area contributed by atoms with Gasteiger partial charge in [-0.2, -0.15) is 0 Å². The van der Waals surface area contributed by atoms with Crippen LogP contribution in [-0.2, 0) is 13.6 Å². The molecule has 0 bridgehead atoms. The molecule has 0 radical (unpaired) electrons. The molecule has 17 heavy (non-hydrogen) atoms. The molecule has 0 atom stereocenters. The van der Waals surface area contributed by atoms with E-state index in [0.29, 0.717) is 0 Å². The Hall–Kier alpha value is -1.42. The molecule has 0 amide bonds. The number of nitrogens with one attached hydrogen (secondary N) is 1. The number of aromatic nitrogens is 1. The molecule has 2 aromatic rings. The second-order valence-electron chi connectivity index (χ2n) is 3.81. The molecule has 0 aliphatic rings. The van der Waals surface area contributed by atoms with Gasteiger partial charge < -0.3 is 14.6 Å². The first kappa shape index (κ1) is 12.0. The van der Waals surface area contributed by atoms with E-state index in [4.69, 9.17) is 4.74 Å². The molecule has 4 heteroatoms. The summed E-state index contributed by atoms with van der Waals surface area (Å²) >= 11 is 3.47. The van der Waals surface area contributed by atoms with E-state index in [9.17, 15) is 0 Å². The van der Waals surface area contributed by atoms with Crippen LogP contribution in [0.25, 0.3) is 0 Å².